The molecule has 0 aliphatic heterocycles. The summed E-state index contributed by atoms with van der Waals surface area (Å²) in [5.74, 6) is 0.848. The Morgan fingerprint density at radius 3 is 3.06 bits per heavy atom. The molecule has 0 aromatic carbocycles. The van der Waals surface area contributed by atoms with Crippen molar-refractivity contribution in [3.63, 3.8) is 0 Å². The fourth-order valence-electron chi connectivity index (χ4n) is 1.37. The molecule has 0 spiro atoms. The smallest absolute Gasteiger partial charge is 0.268 e. The third-order valence-electron chi connectivity index (χ3n) is 2.16. The molecule has 0 atom stereocenters. The van der Waals surface area contributed by atoms with E-state index in [1.807, 2.05) is 18.4 Å². The number of nitrogens with one attached hydrogen (secondary N) is 2. The molecule has 16 heavy (non-hydrogen) atoms. The number of carbonyl (C=O) groups is 1. The van der Waals surface area contributed by atoms with E-state index in [1.54, 1.807) is 6.92 Å². The number of thiophene rings is 1. The number of carbonyl (C=O) groups excluding carboxylic acids is 1. The highest BCUT2D eigenvalue weighted by Crippen LogP contribution is 2.18. The van der Waals surface area contributed by atoms with E-state index in [2.05, 4.69) is 20.5 Å². The van der Waals surface area contributed by atoms with Gasteiger partial charge >= 0.3 is 0 Å². The first-order chi connectivity index (χ1) is 7.70. The third-order valence-corrected chi connectivity index (χ3v) is 3.11. The minimum atomic E-state index is -0.147. The number of aromatic amines is 1. The Morgan fingerprint density at radius 1 is 1.62 bits per heavy atom. The van der Waals surface area contributed by atoms with Crippen LogP contribution in [0.2, 0.25) is 0 Å². The fraction of sp³-hybridized carbons (Fsp3) is 0.300. The molecule has 2 aromatic rings. The van der Waals surface area contributed by atoms with Crippen LogP contribution in [0, 0.1) is 6.92 Å². The average molecular weight is 236 g/mol. The largest absolute Gasteiger partial charge is 0.288 e. The van der Waals surface area contributed by atoms with Crippen LogP contribution < -0.4 is 5.32 Å². The van der Waals surface area contributed by atoms with E-state index < -0.39 is 0 Å². The molecule has 84 valence electrons. The Morgan fingerprint density at radius 2 is 2.44 bits per heavy atom. The molecule has 0 aliphatic rings. The van der Waals surface area contributed by atoms with Gasteiger partial charge in [0.05, 0.1) is 4.88 Å². The summed E-state index contributed by atoms with van der Waals surface area (Å²) in [6, 6.07) is 1.96. The zero-order valence-corrected chi connectivity index (χ0v) is 9.89. The molecule has 0 radical (unpaired) electrons. The first-order valence-corrected chi connectivity index (χ1v) is 5.85. The van der Waals surface area contributed by atoms with Crippen molar-refractivity contribution in [3.05, 3.63) is 27.7 Å². The van der Waals surface area contributed by atoms with Gasteiger partial charge in [-0.25, -0.2) is 0 Å². The van der Waals surface area contributed by atoms with Crippen molar-refractivity contribution in [3.8, 4) is 0 Å². The molecule has 1 amide bonds. The maximum atomic E-state index is 11.9. The van der Waals surface area contributed by atoms with Gasteiger partial charge in [0.25, 0.3) is 5.91 Å². The van der Waals surface area contributed by atoms with Gasteiger partial charge in [-0.2, -0.15) is 4.98 Å². The lowest BCUT2D eigenvalue weighted by Crippen LogP contribution is -2.13. The number of H-pyrrole nitrogens is 1. The van der Waals surface area contributed by atoms with Gasteiger partial charge in [0, 0.05) is 0 Å². The molecule has 0 unspecified atom stereocenters. The standard InChI is InChI=1S/C10H12N4OS/c1-3-7-4-5-16-8(7)9(15)12-10-11-6(2)13-14-10/h4-5H,3H2,1-2H3,(H2,11,12,13,14,15). The predicted octanol–water partition coefficient (Wildman–Crippen LogP) is 1.99. The first kappa shape index (κ1) is 10.8. The molecule has 2 rings (SSSR count). The summed E-state index contributed by atoms with van der Waals surface area (Å²) < 4.78 is 0. The number of rotatable bonds is 3. The summed E-state index contributed by atoms with van der Waals surface area (Å²) in [6.07, 6.45) is 0.847. The Balaban J connectivity index is 2.14. The van der Waals surface area contributed by atoms with Gasteiger partial charge < -0.3 is 0 Å². The van der Waals surface area contributed by atoms with Gasteiger partial charge in [-0.1, -0.05) is 6.92 Å². The van der Waals surface area contributed by atoms with E-state index in [1.165, 1.54) is 11.3 Å². The second kappa shape index (κ2) is 4.44. The van der Waals surface area contributed by atoms with E-state index in [0.717, 1.165) is 16.9 Å². The van der Waals surface area contributed by atoms with E-state index >= 15 is 0 Å². The van der Waals surface area contributed by atoms with Gasteiger partial charge in [0.2, 0.25) is 5.95 Å². The normalized spacial score (nSPS) is 10.4. The Kier molecular flexibility index (Phi) is 3.00. The highest BCUT2D eigenvalue weighted by atomic mass is 32.1. The summed E-state index contributed by atoms with van der Waals surface area (Å²) in [6.45, 7) is 3.81. The summed E-state index contributed by atoms with van der Waals surface area (Å²) in [5, 5.41) is 11.1. The SMILES string of the molecule is CCc1ccsc1C(=O)Nc1n[nH]c(C)n1. The van der Waals surface area contributed by atoms with Crippen molar-refractivity contribution in [2.75, 3.05) is 5.32 Å². The van der Waals surface area contributed by atoms with Crippen molar-refractivity contribution < 1.29 is 4.79 Å². The number of nitrogens with zero attached hydrogens (tertiary/aromatic N) is 2. The van der Waals surface area contributed by atoms with Crippen LogP contribution in [0.15, 0.2) is 11.4 Å². The number of hydrogen-bond acceptors (Lipinski definition) is 4. The zero-order valence-electron chi connectivity index (χ0n) is 9.07. The molecule has 2 aromatic heterocycles. The average Bonchev–Trinajstić information content (AvgIpc) is 2.86. The molecule has 0 fully saturated rings. The van der Waals surface area contributed by atoms with Crippen molar-refractivity contribution >= 4 is 23.2 Å². The fourth-order valence-corrected chi connectivity index (χ4v) is 2.26. The van der Waals surface area contributed by atoms with Gasteiger partial charge in [-0.3, -0.25) is 15.2 Å². The van der Waals surface area contributed by atoms with Crippen molar-refractivity contribution in [2.45, 2.75) is 20.3 Å². The van der Waals surface area contributed by atoms with Crippen LogP contribution in [-0.2, 0) is 6.42 Å². The van der Waals surface area contributed by atoms with Crippen LogP contribution in [0.4, 0.5) is 5.95 Å². The summed E-state index contributed by atoms with van der Waals surface area (Å²) in [7, 11) is 0. The van der Waals surface area contributed by atoms with Crippen LogP contribution in [0.3, 0.4) is 0 Å². The molecule has 0 saturated carbocycles. The lowest BCUT2D eigenvalue weighted by atomic mass is 10.2. The van der Waals surface area contributed by atoms with Crippen LogP contribution >= 0.6 is 11.3 Å². The molecule has 0 bridgehead atoms. The van der Waals surface area contributed by atoms with E-state index in [-0.39, 0.29) is 5.91 Å². The summed E-state index contributed by atoms with van der Waals surface area (Å²) in [4.78, 5) is 16.6. The monoisotopic (exact) mass is 236 g/mol. The van der Waals surface area contributed by atoms with Crippen LogP contribution in [0.5, 0.6) is 0 Å². The topological polar surface area (TPSA) is 70.7 Å². The van der Waals surface area contributed by atoms with Crippen LogP contribution in [0.25, 0.3) is 0 Å². The summed E-state index contributed by atoms with van der Waals surface area (Å²) in [5.41, 5.74) is 1.05. The minimum Gasteiger partial charge on any atom is -0.288 e. The summed E-state index contributed by atoms with van der Waals surface area (Å²) >= 11 is 1.43. The lowest BCUT2D eigenvalue weighted by Gasteiger charge is -2.00. The molecule has 6 heteroatoms. The van der Waals surface area contributed by atoms with Crippen molar-refractivity contribution in [2.24, 2.45) is 0 Å². The highest BCUT2D eigenvalue weighted by molar-refractivity contribution is 7.12. The molecular weight excluding hydrogens is 224 g/mol. The second-order valence-electron chi connectivity index (χ2n) is 3.33. The van der Waals surface area contributed by atoms with Gasteiger partial charge in [-0.15, -0.1) is 16.4 Å². The van der Waals surface area contributed by atoms with E-state index in [4.69, 9.17) is 0 Å². The Bertz CT molecular complexity index is 502. The number of anilines is 1. The van der Waals surface area contributed by atoms with Gasteiger partial charge in [0.15, 0.2) is 0 Å². The maximum absolute atomic E-state index is 11.9. The molecule has 5 nitrogen and oxygen atoms in total. The highest BCUT2D eigenvalue weighted by Gasteiger charge is 2.13. The predicted molar refractivity (Wildman–Crippen MR) is 62.8 cm³/mol. The molecule has 2 N–H and O–H groups in total. The number of hydrogen-bond donors (Lipinski definition) is 2. The number of amides is 1. The lowest BCUT2D eigenvalue weighted by molar-refractivity contribution is 0.102. The quantitative estimate of drug-likeness (QED) is 0.856. The second-order valence-corrected chi connectivity index (χ2v) is 4.24. The van der Waals surface area contributed by atoms with Crippen LogP contribution in [0.1, 0.15) is 28.0 Å². The molecule has 2 heterocycles. The molecule has 0 aliphatic carbocycles. The Labute approximate surface area is 96.9 Å². The maximum Gasteiger partial charge on any atom is 0.268 e. The molecule has 0 saturated heterocycles. The molecular formula is C10H12N4OS. The first-order valence-electron chi connectivity index (χ1n) is 4.97. The minimum absolute atomic E-state index is 0.147. The van der Waals surface area contributed by atoms with Crippen molar-refractivity contribution in [1.29, 1.82) is 0 Å². The van der Waals surface area contributed by atoms with Gasteiger partial charge in [-0.05, 0) is 30.4 Å². The van der Waals surface area contributed by atoms with Crippen LogP contribution in [-0.4, -0.2) is 21.1 Å². The van der Waals surface area contributed by atoms with E-state index in [0.29, 0.717) is 11.8 Å². The third kappa shape index (κ3) is 2.11. The number of aryl methyl sites for hydroxylation is 2. The van der Waals surface area contributed by atoms with E-state index in [9.17, 15) is 4.79 Å². The number of aromatic nitrogens is 3. The van der Waals surface area contributed by atoms with Crippen molar-refractivity contribution in [1.82, 2.24) is 15.2 Å². The van der Waals surface area contributed by atoms with Gasteiger partial charge in [0.1, 0.15) is 5.82 Å². The Hall–Kier alpha value is -1.69. The zero-order chi connectivity index (χ0) is 11.5.